The van der Waals surface area contributed by atoms with Crippen LogP contribution in [0.3, 0.4) is 0 Å². The molecule has 0 aromatic heterocycles. The Labute approximate surface area is 159 Å². The first kappa shape index (κ1) is 19.2. The molecule has 144 valence electrons. The molecule has 1 fully saturated rings. The summed E-state index contributed by atoms with van der Waals surface area (Å²) in [4.78, 5) is 14.0. The zero-order valence-corrected chi connectivity index (χ0v) is 16.1. The van der Waals surface area contributed by atoms with Crippen molar-refractivity contribution in [3.8, 4) is 0 Å². The fourth-order valence-electron chi connectivity index (χ4n) is 3.29. The lowest BCUT2D eigenvalue weighted by Gasteiger charge is -2.24. The summed E-state index contributed by atoms with van der Waals surface area (Å²) in [5, 5.41) is 9.63. The lowest BCUT2D eigenvalue weighted by Crippen LogP contribution is -2.26. The maximum absolute atomic E-state index is 12.6. The summed E-state index contributed by atoms with van der Waals surface area (Å²) in [5.41, 5.74) is 1.96. The molecule has 0 amide bonds. The molecular formula is C20H24N2O4S. The molecule has 0 spiro atoms. The van der Waals surface area contributed by atoms with Crippen LogP contribution in [-0.4, -0.2) is 32.6 Å². The van der Waals surface area contributed by atoms with Crippen molar-refractivity contribution in [2.75, 3.05) is 22.7 Å². The van der Waals surface area contributed by atoms with Gasteiger partial charge in [0.05, 0.1) is 16.1 Å². The van der Waals surface area contributed by atoms with Gasteiger partial charge in [-0.25, -0.2) is 13.2 Å². The summed E-state index contributed by atoms with van der Waals surface area (Å²) < 4.78 is 27.6. The Kier molecular flexibility index (Phi) is 5.70. The highest BCUT2D eigenvalue weighted by molar-refractivity contribution is 7.92. The van der Waals surface area contributed by atoms with Crippen molar-refractivity contribution in [3.63, 3.8) is 0 Å². The first-order valence-electron chi connectivity index (χ1n) is 9.08. The number of benzene rings is 2. The minimum atomic E-state index is -3.77. The molecule has 2 aromatic rings. The van der Waals surface area contributed by atoms with Crippen LogP contribution in [0.2, 0.25) is 0 Å². The Morgan fingerprint density at radius 1 is 1.00 bits per heavy atom. The van der Waals surface area contributed by atoms with E-state index < -0.39 is 16.0 Å². The second-order valence-corrected chi connectivity index (χ2v) is 8.54. The van der Waals surface area contributed by atoms with Gasteiger partial charge in [0.2, 0.25) is 0 Å². The normalized spacial score (nSPS) is 15.2. The van der Waals surface area contributed by atoms with Gasteiger partial charge in [-0.1, -0.05) is 30.5 Å². The third-order valence-corrected chi connectivity index (χ3v) is 6.15. The third kappa shape index (κ3) is 4.60. The first-order valence-corrected chi connectivity index (χ1v) is 10.6. The van der Waals surface area contributed by atoms with Crippen LogP contribution in [-0.2, 0) is 10.0 Å². The van der Waals surface area contributed by atoms with E-state index in [1.54, 1.807) is 24.3 Å². The predicted molar refractivity (Wildman–Crippen MR) is 106 cm³/mol. The van der Waals surface area contributed by atoms with Gasteiger partial charge in [0.25, 0.3) is 10.0 Å². The average Bonchev–Trinajstić information content (AvgIpc) is 2.91. The molecule has 1 heterocycles. The number of aromatic carboxylic acids is 1. The van der Waals surface area contributed by atoms with Crippen LogP contribution in [0.5, 0.6) is 0 Å². The molecule has 1 saturated heterocycles. The van der Waals surface area contributed by atoms with Gasteiger partial charge in [-0.15, -0.1) is 0 Å². The standard InChI is InChI=1S/C20H24N2O4S/c1-15-6-9-17(10-7-15)27(25,26)21-16-8-11-19(18(14-16)20(23)24)22-12-4-2-3-5-13-22/h6-11,14,21H,2-5,12-13H2,1H3,(H,23,24). The number of rotatable bonds is 5. The average molecular weight is 388 g/mol. The number of hydrogen-bond acceptors (Lipinski definition) is 4. The lowest BCUT2D eigenvalue weighted by atomic mass is 10.1. The number of carbonyl (C=O) groups is 1. The van der Waals surface area contributed by atoms with Crippen LogP contribution in [0.1, 0.15) is 41.6 Å². The fraction of sp³-hybridized carbons (Fsp3) is 0.350. The zero-order valence-electron chi connectivity index (χ0n) is 15.3. The van der Waals surface area contributed by atoms with Gasteiger partial charge in [0.15, 0.2) is 0 Å². The van der Waals surface area contributed by atoms with Crippen LogP contribution in [0, 0.1) is 6.92 Å². The summed E-state index contributed by atoms with van der Waals surface area (Å²) in [5.74, 6) is -1.06. The third-order valence-electron chi connectivity index (χ3n) is 4.76. The molecule has 7 heteroatoms. The Bertz CT molecular complexity index is 915. The Morgan fingerprint density at radius 2 is 1.63 bits per heavy atom. The minimum Gasteiger partial charge on any atom is -0.478 e. The molecule has 1 aliphatic rings. The second-order valence-electron chi connectivity index (χ2n) is 6.86. The summed E-state index contributed by atoms with van der Waals surface area (Å²) in [6, 6.07) is 11.2. The molecule has 0 atom stereocenters. The molecule has 2 aromatic carbocycles. The Balaban J connectivity index is 1.89. The van der Waals surface area contributed by atoms with Gasteiger partial charge < -0.3 is 10.0 Å². The first-order chi connectivity index (χ1) is 12.9. The number of carboxylic acid groups (broad SMARTS) is 1. The lowest BCUT2D eigenvalue weighted by molar-refractivity contribution is 0.0697. The Hall–Kier alpha value is -2.54. The molecule has 0 bridgehead atoms. The highest BCUT2D eigenvalue weighted by Crippen LogP contribution is 2.28. The van der Waals surface area contributed by atoms with Crippen molar-refractivity contribution < 1.29 is 18.3 Å². The zero-order chi connectivity index (χ0) is 19.4. The van der Waals surface area contributed by atoms with E-state index in [9.17, 15) is 18.3 Å². The maximum Gasteiger partial charge on any atom is 0.337 e. The van der Waals surface area contributed by atoms with Gasteiger partial charge in [0, 0.05) is 18.8 Å². The van der Waals surface area contributed by atoms with Crippen molar-refractivity contribution in [1.29, 1.82) is 0 Å². The van der Waals surface area contributed by atoms with Gasteiger partial charge in [0.1, 0.15) is 0 Å². The number of sulfonamides is 1. The SMILES string of the molecule is Cc1ccc(S(=O)(=O)Nc2ccc(N3CCCCCC3)c(C(=O)O)c2)cc1. The van der Waals surface area contributed by atoms with E-state index >= 15 is 0 Å². The quantitative estimate of drug-likeness (QED) is 0.812. The van der Waals surface area contributed by atoms with Crippen molar-refractivity contribution >= 4 is 27.4 Å². The van der Waals surface area contributed by atoms with Crippen molar-refractivity contribution in [3.05, 3.63) is 53.6 Å². The van der Waals surface area contributed by atoms with E-state index in [2.05, 4.69) is 9.62 Å². The largest absolute Gasteiger partial charge is 0.478 e. The fourth-order valence-corrected chi connectivity index (χ4v) is 4.34. The smallest absolute Gasteiger partial charge is 0.337 e. The van der Waals surface area contributed by atoms with Crippen LogP contribution in [0.25, 0.3) is 0 Å². The van der Waals surface area contributed by atoms with Crippen LogP contribution >= 0.6 is 0 Å². The van der Waals surface area contributed by atoms with Gasteiger partial charge >= 0.3 is 5.97 Å². The summed E-state index contributed by atoms with van der Waals surface area (Å²) in [6.07, 6.45) is 4.35. The van der Waals surface area contributed by atoms with E-state index in [4.69, 9.17) is 0 Å². The summed E-state index contributed by atoms with van der Waals surface area (Å²) >= 11 is 0. The van der Waals surface area contributed by atoms with Crippen molar-refractivity contribution in [2.24, 2.45) is 0 Å². The molecule has 0 unspecified atom stereocenters. The number of anilines is 2. The molecule has 2 N–H and O–H groups in total. The van der Waals surface area contributed by atoms with E-state index in [-0.39, 0.29) is 16.1 Å². The van der Waals surface area contributed by atoms with Crippen LogP contribution in [0.15, 0.2) is 47.4 Å². The van der Waals surface area contributed by atoms with Gasteiger partial charge in [-0.3, -0.25) is 4.72 Å². The number of hydrogen-bond donors (Lipinski definition) is 2. The molecule has 6 nitrogen and oxygen atoms in total. The molecule has 0 radical (unpaired) electrons. The highest BCUT2D eigenvalue weighted by Gasteiger charge is 2.20. The number of nitrogens with one attached hydrogen (secondary N) is 1. The second kappa shape index (κ2) is 8.00. The van der Waals surface area contributed by atoms with Crippen molar-refractivity contribution in [1.82, 2.24) is 0 Å². The monoisotopic (exact) mass is 388 g/mol. The molecule has 1 aliphatic heterocycles. The van der Waals surface area contributed by atoms with Crippen LogP contribution < -0.4 is 9.62 Å². The number of aryl methyl sites for hydroxylation is 1. The number of carboxylic acids is 1. The van der Waals surface area contributed by atoms with Crippen LogP contribution in [0.4, 0.5) is 11.4 Å². The summed E-state index contributed by atoms with van der Waals surface area (Å²) in [7, 11) is -3.77. The van der Waals surface area contributed by atoms with E-state index in [1.807, 2.05) is 6.92 Å². The van der Waals surface area contributed by atoms with Crippen molar-refractivity contribution in [2.45, 2.75) is 37.5 Å². The highest BCUT2D eigenvalue weighted by atomic mass is 32.2. The number of nitrogens with zero attached hydrogens (tertiary/aromatic N) is 1. The predicted octanol–water partition coefficient (Wildman–Crippen LogP) is 3.87. The van der Waals surface area contributed by atoms with Gasteiger partial charge in [-0.05, 0) is 50.1 Å². The molecule has 0 saturated carbocycles. The molecular weight excluding hydrogens is 364 g/mol. The Morgan fingerprint density at radius 3 is 2.22 bits per heavy atom. The summed E-state index contributed by atoms with van der Waals surface area (Å²) in [6.45, 7) is 3.51. The maximum atomic E-state index is 12.6. The van der Waals surface area contributed by atoms with Gasteiger partial charge in [-0.2, -0.15) is 0 Å². The molecule has 27 heavy (non-hydrogen) atoms. The molecule has 0 aliphatic carbocycles. The minimum absolute atomic E-state index is 0.112. The van der Waals surface area contributed by atoms with E-state index in [0.717, 1.165) is 44.3 Å². The topological polar surface area (TPSA) is 86.7 Å². The molecule has 3 rings (SSSR count). The van der Waals surface area contributed by atoms with E-state index in [1.165, 1.54) is 18.2 Å². The van der Waals surface area contributed by atoms with E-state index in [0.29, 0.717) is 5.69 Å².